The third kappa shape index (κ3) is 3.20. The van der Waals surface area contributed by atoms with Crippen molar-refractivity contribution in [1.82, 2.24) is 0 Å². The van der Waals surface area contributed by atoms with Crippen LogP contribution in [-0.4, -0.2) is 5.11 Å². The fraction of sp³-hybridized carbons (Fsp3) is 0.0769. The molecule has 18 heavy (non-hydrogen) atoms. The van der Waals surface area contributed by atoms with Gasteiger partial charge in [0, 0.05) is 17.1 Å². The third-order valence-electron chi connectivity index (χ3n) is 2.35. The largest absolute Gasteiger partial charge is 0.508 e. The van der Waals surface area contributed by atoms with Gasteiger partial charge in [0.1, 0.15) is 17.4 Å². The number of benzene rings is 2. The number of hydrogen-bond donors (Lipinski definition) is 2. The maximum absolute atomic E-state index is 13.0. The lowest BCUT2D eigenvalue weighted by molar-refractivity contribution is 0.468. The van der Waals surface area contributed by atoms with Crippen molar-refractivity contribution in [1.29, 1.82) is 0 Å². The predicted molar refractivity (Wildman–Crippen MR) is 69.5 cm³/mol. The van der Waals surface area contributed by atoms with Gasteiger partial charge in [-0.3, -0.25) is 0 Å². The number of nitrogens with one attached hydrogen (secondary N) is 1. The first kappa shape index (κ1) is 12.8. The summed E-state index contributed by atoms with van der Waals surface area (Å²) in [6.07, 6.45) is 0. The highest BCUT2D eigenvalue weighted by Gasteiger charge is 2.03. The van der Waals surface area contributed by atoms with E-state index in [4.69, 9.17) is 0 Å². The van der Waals surface area contributed by atoms with Gasteiger partial charge in [-0.1, -0.05) is 0 Å². The summed E-state index contributed by atoms with van der Waals surface area (Å²) in [7, 11) is 0. The van der Waals surface area contributed by atoms with Crippen molar-refractivity contribution < 1.29 is 13.9 Å². The summed E-state index contributed by atoms with van der Waals surface area (Å²) in [5.74, 6) is -1.00. The number of rotatable bonds is 3. The molecule has 0 aliphatic rings. The van der Waals surface area contributed by atoms with Crippen LogP contribution in [0.5, 0.6) is 5.75 Å². The van der Waals surface area contributed by atoms with Crippen LogP contribution in [0.1, 0.15) is 5.56 Å². The molecule has 94 valence electrons. The molecule has 2 N–H and O–H groups in total. The molecule has 5 heteroatoms. The monoisotopic (exact) mass is 313 g/mol. The summed E-state index contributed by atoms with van der Waals surface area (Å²) in [5.41, 5.74) is 1.14. The van der Waals surface area contributed by atoms with Crippen LogP contribution in [0.25, 0.3) is 0 Å². The summed E-state index contributed by atoms with van der Waals surface area (Å²) in [6.45, 7) is 0.285. The quantitative estimate of drug-likeness (QED) is 0.896. The molecule has 0 saturated carbocycles. The fourth-order valence-electron chi connectivity index (χ4n) is 1.57. The van der Waals surface area contributed by atoms with Gasteiger partial charge in [-0.05, 0) is 51.8 Å². The van der Waals surface area contributed by atoms with Gasteiger partial charge in [0.25, 0.3) is 0 Å². The van der Waals surface area contributed by atoms with Gasteiger partial charge in [0.15, 0.2) is 0 Å². The first-order valence-electron chi connectivity index (χ1n) is 5.22. The minimum atomic E-state index is -0.509. The van der Waals surface area contributed by atoms with E-state index in [0.29, 0.717) is 15.7 Å². The van der Waals surface area contributed by atoms with Crippen LogP contribution >= 0.6 is 15.9 Å². The van der Waals surface area contributed by atoms with Gasteiger partial charge in [-0.2, -0.15) is 0 Å². The zero-order chi connectivity index (χ0) is 13.1. The van der Waals surface area contributed by atoms with Gasteiger partial charge in [0.2, 0.25) is 0 Å². The van der Waals surface area contributed by atoms with Gasteiger partial charge in [-0.25, -0.2) is 8.78 Å². The summed E-state index contributed by atoms with van der Waals surface area (Å²) in [4.78, 5) is 0. The molecule has 0 saturated heterocycles. The predicted octanol–water partition coefficient (Wildman–Crippen LogP) is 4.05. The molecule has 0 aromatic heterocycles. The number of phenols is 1. The third-order valence-corrected chi connectivity index (χ3v) is 3.05. The number of hydrogen-bond acceptors (Lipinski definition) is 2. The van der Waals surface area contributed by atoms with Gasteiger partial charge < -0.3 is 10.4 Å². The highest BCUT2D eigenvalue weighted by atomic mass is 79.9. The van der Waals surface area contributed by atoms with E-state index < -0.39 is 5.82 Å². The average molecular weight is 314 g/mol. The number of anilines is 1. The molecule has 0 aliphatic heterocycles. The minimum Gasteiger partial charge on any atom is -0.508 e. The molecule has 0 bridgehead atoms. The second kappa shape index (κ2) is 5.35. The van der Waals surface area contributed by atoms with E-state index in [9.17, 15) is 13.9 Å². The summed E-state index contributed by atoms with van der Waals surface area (Å²) in [6, 6.07) is 8.04. The summed E-state index contributed by atoms with van der Waals surface area (Å²) < 4.78 is 26.8. The van der Waals surface area contributed by atoms with Crippen molar-refractivity contribution in [3.8, 4) is 5.75 Å². The molecule has 2 aromatic carbocycles. The van der Waals surface area contributed by atoms with E-state index in [2.05, 4.69) is 21.2 Å². The van der Waals surface area contributed by atoms with E-state index >= 15 is 0 Å². The molecule has 2 rings (SSSR count). The Hall–Kier alpha value is -1.62. The average Bonchev–Trinajstić information content (AvgIpc) is 2.29. The molecule has 0 heterocycles. The Balaban J connectivity index is 2.13. The van der Waals surface area contributed by atoms with Crippen LogP contribution in [-0.2, 0) is 6.54 Å². The van der Waals surface area contributed by atoms with Crippen molar-refractivity contribution in [2.75, 3.05) is 5.32 Å². The molecule has 0 spiro atoms. The second-order valence-corrected chi connectivity index (χ2v) is 4.65. The zero-order valence-electron chi connectivity index (χ0n) is 9.25. The minimum absolute atomic E-state index is 0.134. The molecule has 0 atom stereocenters. The molecular formula is C13H10BrF2NO. The fourth-order valence-corrected chi connectivity index (χ4v) is 1.95. The van der Waals surface area contributed by atoms with Crippen molar-refractivity contribution in [2.45, 2.75) is 6.54 Å². The number of phenolic OH excluding ortho intramolecular Hbond substituents is 1. The van der Waals surface area contributed by atoms with Crippen LogP contribution in [0.2, 0.25) is 0 Å². The molecule has 0 fully saturated rings. The van der Waals surface area contributed by atoms with E-state index in [1.54, 1.807) is 6.07 Å². The van der Waals surface area contributed by atoms with Crippen LogP contribution in [0.4, 0.5) is 14.5 Å². The highest BCUT2D eigenvalue weighted by Crippen LogP contribution is 2.24. The maximum Gasteiger partial charge on any atom is 0.127 e. The number of halogens is 3. The van der Waals surface area contributed by atoms with Gasteiger partial charge >= 0.3 is 0 Å². The first-order chi connectivity index (χ1) is 8.54. The number of aromatic hydroxyl groups is 1. The Morgan fingerprint density at radius 2 is 1.83 bits per heavy atom. The Bertz CT molecular complexity index is 555. The summed E-state index contributed by atoms with van der Waals surface area (Å²) >= 11 is 3.28. The molecule has 0 radical (unpaired) electrons. The zero-order valence-corrected chi connectivity index (χ0v) is 10.8. The standard InChI is InChI=1S/C13H10BrF2NO/c14-12-2-1-9(15)6-13(12)17-7-8-3-10(16)5-11(18)4-8/h1-6,17-18H,7H2. The second-order valence-electron chi connectivity index (χ2n) is 3.80. The van der Waals surface area contributed by atoms with Gasteiger partial charge in [-0.15, -0.1) is 0 Å². The van der Waals surface area contributed by atoms with Crippen LogP contribution in [0.3, 0.4) is 0 Å². The Morgan fingerprint density at radius 1 is 1.06 bits per heavy atom. The lowest BCUT2D eigenvalue weighted by Crippen LogP contribution is -2.01. The van der Waals surface area contributed by atoms with Crippen molar-refractivity contribution >= 4 is 21.6 Å². The SMILES string of the molecule is Oc1cc(F)cc(CNc2cc(F)ccc2Br)c1. The molecule has 0 aliphatic carbocycles. The summed E-state index contributed by atoms with van der Waals surface area (Å²) in [5, 5.41) is 12.2. The molecule has 0 unspecified atom stereocenters. The maximum atomic E-state index is 13.0. The van der Waals surface area contributed by atoms with Crippen LogP contribution in [0, 0.1) is 11.6 Å². The van der Waals surface area contributed by atoms with E-state index in [0.717, 1.165) is 6.07 Å². The molecular weight excluding hydrogens is 304 g/mol. The highest BCUT2D eigenvalue weighted by molar-refractivity contribution is 9.10. The smallest absolute Gasteiger partial charge is 0.127 e. The van der Waals surface area contributed by atoms with Crippen molar-refractivity contribution in [2.24, 2.45) is 0 Å². The Kier molecular flexibility index (Phi) is 3.81. The molecule has 2 nitrogen and oxygen atoms in total. The van der Waals surface area contributed by atoms with E-state index in [-0.39, 0.29) is 18.1 Å². The van der Waals surface area contributed by atoms with Crippen molar-refractivity contribution in [3.05, 3.63) is 58.1 Å². The van der Waals surface area contributed by atoms with E-state index in [1.807, 2.05) is 0 Å². The lowest BCUT2D eigenvalue weighted by Gasteiger charge is -2.09. The van der Waals surface area contributed by atoms with Gasteiger partial charge in [0.05, 0.1) is 5.69 Å². The van der Waals surface area contributed by atoms with Crippen LogP contribution < -0.4 is 5.32 Å². The Morgan fingerprint density at radius 3 is 2.56 bits per heavy atom. The topological polar surface area (TPSA) is 32.3 Å². The normalized spacial score (nSPS) is 10.4. The van der Waals surface area contributed by atoms with Crippen LogP contribution in [0.15, 0.2) is 40.9 Å². The first-order valence-corrected chi connectivity index (χ1v) is 6.01. The Labute approximate surface area is 111 Å². The lowest BCUT2D eigenvalue weighted by atomic mass is 10.2. The van der Waals surface area contributed by atoms with Crippen molar-refractivity contribution in [3.63, 3.8) is 0 Å². The van der Waals surface area contributed by atoms with E-state index in [1.165, 1.54) is 24.3 Å². The molecule has 0 amide bonds. The molecule has 2 aromatic rings.